The third-order valence-electron chi connectivity index (χ3n) is 2.94. The Labute approximate surface area is 80.0 Å². The van der Waals surface area contributed by atoms with Crippen molar-refractivity contribution in [3.63, 3.8) is 0 Å². The van der Waals surface area contributed by atoms with Crippen LogP contribution in [0.4, 0.5) is 0 Å². The fraction of sp³-hybridized carbons (Fsp3) is 0.500. The van der Waals surface area contributed by atoms with Crippen LogP contribution in [0, 0.1) is 5.92 Å². The van der Waals surface area contributed by atoms with Gasteiger partial charge in [0.25, 0.3) is 0 Å². The van der Waals surface area contributed by atoms with E-state index >= 15 is 0 Å². The number of benzene rings is 1. The first-order valence-electron chi connectivity index (χ1n) is 5.01. The molecule has 0 aliphatic heterocycles. The second-order valence-corrected chi connectivity index (χ2v) is 4.44. The maximum atomic E-state index is 6.25. The van der Waals surface area contributed by atoms with E-state index in [-0.39, 0.29) is 5.54 Å². The van der Waals surface area contributed by atoms with Gasteiger partial charge in [-0.1, -0.05) is 30.3 Å². The molecule has 2 rings (SSSR count). The number of hydrogen-bond donors (Lipinski definition) is 1. The molecule has 1 fully saturated rings. The highest BCUT2D eigenvalue weighted by Gasteiger charge is 2.38. The van der Waals surface area contributed by atoms with Crippen LogP contribution in [0.1, 0.15) is 25.3 Å². The van der Waals surface area contributed by atoms with E-state index in [0.717, 1.165) is 12.3 Å². The van der Waals surface area contributed by atoms with E-state index in [2.05, 4.69) is 37.3 Å². The first-order valence-corrected chi connectivity index (χ1v) is 5.01. The first kappa shape index (κ1) is 8.76. The zero-order valence-electron chi connectivity index (χ0n) is 8.16. The quantitative estimate of drug-likeness (QED) is 0.749. The second kappa shape index (κ2) is 3.15. The molecule has 1 aliphatic carbocycles. The zero-order chi connectivity index (χ0) is 9.31. The Balaban J connectivity index is 2.04. The Kier molecular flexibility index (Phi) is 2.12. The van der Waals surface area contributed by atoms with Gasteiger partial charge >= 0.3 is 0 Å². The molecule has 1 heteroatoms. The lowest BCUT2D eigenvalue weighted by molar-refractivity contribution is 0.406. The maximum Gasteiger partial charge on any atom is 0.0195 e. The zero-order valence-corrected chi connectivity index (χ0v) is 8.16. The molecule has 13 heavy (non-hydrogen) atoms. The molecule has 0 aromatic heterocycles. The molecule has 0 bridgehead atoms. The normalized spacial score (nSPS) is 21.1. The summed E-state index contributed by atoms with van der Waals surface area (Å²) in [6.45, 7) is 2.18. The van der Waals surface area contributed by atoms with Gasteiger partial charge in [-0.05, 0) is 37.7 Å². The lowest BCUT2D eigenvalue weighted by atomic mass is 9.89. The highest BCUT2D eigenvalue weighted by Crippen LogP contribution is 2.39. The molecule has 2 N–H and O–H groups in total. The van der Waals surface area contributed by atoms with Crippen LogP contribution in [0.25, 0.3) is 0 Å². The molecule has 0 unspecified atom stereocenters. The van der Waals surface area contributed by atoms with Crippen LogP contribution in [-0.2, 0) is 6.42 Å². The number of hydrogen-bond acceptors (Lipinski definition) is 1. The van der Waals surface area contributed by atoms with Gasteiger partial charge in [-0.25, -0.2) is 0 Å². The van der Waals surface area contributed by atoms with Crippen LogP contribution in [0.15, 0.2) is 30.3 Å². The van der Waals surface area contributed by atoms with Crippen LogP contribution in [0.5, 0.6) is 0 Å². The highest BCUT2D eigenvalue weighted by atomic mass is 14.8. The Bertz CT molecular complexity index is 272. The van der Waals surface area contributed by atoms with Crippen molar-refractivity contribution in [2.45, 2.75) is 31.7 Å². The van der Waals surface area contributed by atoms with Gasteiger partial charge in [0.05, 0.1) is 0 Å². The van der Waals surface area contributed by atoms with E-state index < -0.39 is 0 Å². The Hall–Kier alpha value is -0.820. The van der Waals surface area contributed by atoms with Crippen molar-refractivity contribution in [3.8, 4) is 0 Å². The summed E-state index contributed by atoms with van der Waals surface area (Å²) in [6.07, 6.45) is 3.65. The van der Waals surface area contributed by atoms with Crippen LogP contribution in [0.3, 0.4) is 0 Å². The van der Waals surface area contributed by atoms with Crippen molar-refractivity contribution >= 4 is 0 Å². The summed E-state index contributed by atoms with van der Waals surface area (Å²) in [7, 11) is 0. The maximum absolute atomic E-state index is 6.25. The van der Waals surface area contributed by atoms with Gasteiger partial charge in [0.2, 0.25) is 0 Å². The highest BCUT2D eigenvalue weighted by molar-refractivity contribution is 5.18. The molecule has 0 radical (unpaired) electrons. The molecule has 70 valence electrons. The van der Waals surface area contributed by atoms with E-state index in [1.807, 2.05) is 0 Å². The lowest BCUT2D eigenvalue weighted by Crippen LogP contribution is -2.40. The molecule has 1 aromatic carbocycles. The minimum Gasteiger partial charge on any atom is -0.325 e. The van der Waals surface area contributed by atoms with E-state index in [4.69, 9.17) is 5.73 Å². The van der Waals surface area contributed by atoms with E-state index in [9.17, 15) is 0 Å². The minimum atomic E-state index is 0.0152. The SMILES string of the molecule is C[C@](N)(Cc1ccccc1)C1CC1. The fourth-order valence-electron chi connectivity index (χ4n) is 1.92. The summed E-state index contributed by atoms with van der Waals surface area (Å²) in [5, 5.41) is 0. The molecule has 1 aliphatic rings. The predicted molar refractivity (Wildman–Crippen MR) is 55.5 cm³/mol. The molecular weight excluding hydrogens is 158 g/mol. The topological polar surface area (TPSA) is 26.0 Å². The van der Waals surface area contributed by atoms with Crippen molar-refractivity contribution in [3.05, 3.63) is 35.9 Å². The lowest BCUT2D eigenvalue weighted by Gasteiger charge is -2.24. The van der Waals surface area contributed by atoms with Crippen molar-refractivity contribution < 1.29 is 0 Å². The van der Waals surface area contributed by atoms with Crippen molar-refractivity contribution in [2.24, 2.45) is 11.7 Å². The van der Waals surface area contributed by atoms with Gasteiger partial charge in [0, 0.05) is 5.54 Å². The Morgan fingerprint density at radius 3 is 2.46 bits per heavy atom. The Morgan fingerprint density at radius 1 is 1.31 bits per heavy atom. The molecule has 1 aromatic rings. The number of rotatable bonds is 3. The summed E-state index contributed by atoms with van der Waals surface area (Å²) in [5.74, 6) is 0.757. The molecule has 0 amide bonds. The summed E-state index contributed by atoms with van der Waals surface area (Å²) >= 11 is 0. The summed E-state index contributed by atoms with van der Waals surface area (Å²) in [5.41, 5.74) is 7.63. The molecule has 0 spiro atoms. The van der Waals surface area contributed by atoms with Gasteiger partial charge in [-0.15, -0.1) is 0 Å². The van der Waals surface area contributed by atoms with Crippen molar-refractivity contribution in [1.29, 1.82) is 0 Å². The predicted octanol–water partition coefficient (Wildman–Crippen LogP) is 2.36. The molecule has 1 atom stereocenters. The number of nitrogens with two attached hydrogens (primary N) is 1. The van der Waals surface area contributed by atoms with E-state index in [0.29, 0.717) is 0 Å². The summed E-state index contributed by atoms with van der Waals surface area (Å²) in [6, 6.07) is 10.5. The summed E-state index contributed by atoms with van der Waals surface area (Å²) in [4.78, 5) is 0. The van der Waals surface area contributed by atoms with E-state index in [1.165, 1.54) is 18.4 Å². The van der Waals surface area contributed by atoms with Crippen LogP contribution < -0.4 is 5.73 Å². The van der Waals surface area contributed by atoms with Gasteiger partial charge in [-0.2, -0.15) is 0 Å². The molecule has 0 heterocycles. The summed E-state index contributed by atoms with van der Waals surface area (Å²) < 4.78 is 0. The minimum absolute atomic E-state index is 0.0152. The van der Waals surface area contributed by atoms with Gasteiger partial charge in [0.15, 0.2) is 0 Å². The standard InChI is InChI=1S/C12H17N/c1-12(13,11-7-8-11)9-10-5-3-2-4-6-10/h2-6,11H,7-9,13H2,1H3/t12-/m0/s1. The fourth-order valence-corrected chi connectivity index (χ4v) is 1.92. The van der Waals surface area contributed by atoms with Crippen molar-refractivity contribution in [1.82, 2.24) is 0 Å². The molecule has 1 saturated carbocycles. The Morgan fingerprint density at radius 2 is 1.92 bits per heavy atom. The van der Waals surface area contributed by atoms with Gasteiger partial charge in [-0.3, -0.25) is 0 Å². The monoisotopic (exact) mass is 175 g/mol. The third kappa shape index (κ3) is 2.10. The first-order chi connectivity index (χ1) is 6.18. The largest absolute Gasteiger partial charge is 0.325 e. The second-order valence-electron chi connectivity index (χ2n) is 4.44. The van der Waals surface area contributed by atoms with Gasteiger partial charge in [0.1, 0.15) is 0 Å². The molecule has 0 saturated heterocycles. The van der Waals surface area contributed by atoms with Crippen LogP contribution >= 0.6 is 0 Å². The smallest absolute Gasteiger partial charge is 0.0195 e. The average molecular weight is 175 g/mol. The van der Waals surface area contributed by atoms with Crippen LogP contribution in [-0.4, -0.2) is 5.54 Å². The molecule has 1 nitrogen and oxygen atoms in total. The molecular formula is C12H17N. The third-order valence-corrected chi connectivity index (χ3v) is 2.94. The van der Waals surface area contributed by atoms with Gasteiger partial charge < -0.3 is 5.73 Å². The average Bonchev–Trinajstić information content (AvgIpc) is 2.87. The van der Waals surface area contributed by atoms with Crippen LogP contribution in [0.2, 0.25) is 0 Å². The van der Waals surface area contributed by atoms with Crippen molar-refractivity contribution in [2.75, 3.05) is 0 Å². The van der Waals surface area contributed by atoms with E-state index in [1.54, 1.807) is 0 Å².